The Labute approximate surface area is 137 Å². The van der Waals surface area contributed by atoms with Gasteiger partial charge in [-0.15, -0.1) is 0 Å². The van der Waals surface area contributed by atoms with Gasteiger partial charge in [-0.25, -0.2) is 4.98 Å². The fourth-order valence-electron chi connectivity index (χ4n) is 3.03. The van der Waals surface area contributed by atoms with Crippen LogP contribution in [-0.4, -0.2) is 23.1 Å². The van der Waals surface area contributed by atoms with E-state index in [9.17, 15) is 0 Å². The molecule has 1 aromatic carbocycles. The number of rotatable bonds is 3. The standard InChI is InChI=1S/C18H24N4O/c1-12-6-4-8-15(10-12)23-18-16(19)17(20-14(3)21-18)22-9-5-7-13(2)11-22/h4,6,8,10,13H,5,7,9,11,19H2,1-3H3/t13-/m1/s1. The molecule has 5 nitrogen and oxygen atoms in total. The summed E-state index contributed by atoms with van der Waals surface area (Å²) < 4.78 is 5.93. The van der Waals surface area contributed by atoms with Crippen molar-refractivity contribution < 1.29 is 4.74 Å². The number of ether oxygens (including phenoxy) is 1. The molecule has 1 atom stereocenters. The highest BCUT2D eigenvalue weighted by molar-refractivity contribution is 5.69. The molecule has 0 bridgehead atoms. The van der Waals surface area contributed by atoms with Crippen molar-refractivity contribution in [1.29, 1.82) is 0 Å². The second kappa shape index (κ2) is 6.44. The Morgan fingerprint density at radius 2 is 2.09 bits per heavy atom. The molecule has 1 fully saturated rings. The molecule has 0 unspecified atom stereocenters. The van der Waals surface area contributed by atoms with E-state index >= 15 is 0 Å². The Morgan fingerprint density at radius 1 is 1.26 bits per heavy atom. The van der Waals surface area contributed by atoms with Crippen molar-refractivity contribution in [3.8, 4) is 11.6 Å². The maximum Gasteiger partial charge on any atom is 0.248 e. The van der Waals surface area contributed by atoms with Crippen molar-refractivity contribution in [3.05, 3.63) is 35.7 Å². The summed E-state index contributed by atoms with van der Waals surface area (Å²) in [5.41, 5.74) is 7.98. The molecule has 2 aromatic rings. The zero-order valence-corrected chi connectivity index (χ0v) is 14.0. The molecule has 0 aliphatic carbocycles. The Morgan fingerprint density at radius 3 is 2.83 bits per heavy atom. The molecule has 0 saturated carbocycles. The lowest BCUT2D eigenvalue weighted by Crippen LogP contribution is -2.35. The van der Waals surface area contributed by atoms with Gasteiger partial charge in [-0.3, -0.25) is 0 Å². The Balaban J connectivity index is 1.92. The minimum absolute atomic E-state index is 0.441. The van der Waals surface area contributed by atoms with Gasteiger partial charge in [-0.1, -0.05) is 19.1 Å². The monoisotopic (exact) mass is 312 g/mol. The normalized spacial score (nSPS) is 18.0. The third-order valence-electron chi connectivity index (χ3n) is 4.16. The largest absolute Gasteiger partial charge is 0.437 e. The van der Waals surface area contributed by atoms with Gasteiger partial charge in [0.1, 0.15) is 17.3 Å². The number of nitrogens with zero attached hydrogens (tertiary/aromatic N) is 3. The lowest BCUT2D eigenvalue weighted by atomic mass is 10.0. The summed E-state index contributed by atoms with van der Waals surface area (Å²) in [5.74, 6) is 3.31. The SMILES string of the molecule is Cc1cccc(Oc2nc(C)nc(N3CCC[C@@H](C)C3)c2N)c1. The molecule has 23 heavy (non-hydrogen) atoms. The van der Waals surface area contributed by atoms with E-state index in [2.05, 4.69) is 21.8 Å². The molecular weight excluding hydrogens is 288 g/mol. The first kappa shape index (κ1) is 15.6. The zero-order valence-electron chi connectivity index (χ0n) is 14.0. The summed E-state index contributed by atoms with van der Waals surface area (Å²) in [7, 11) is 0. The topological polar surface area (TPSA) is 64.3 Å². The van der Waals surface area contributed by atoms with Crippen molar-refractivity contribution in [2.45, 2.75) is 33.6 Å². The molecule has 1 aliphatic heterocycles. The van der Waals surface area contributed by atoms with Gasteiger partial charge < -0.3 is 15.4 Å². The molecule has 2 N–H and O–H groups in total. The van der Waals surface area contributed by atoms with E-state index in [1.54, 1.807) is 0 Å². The molecule has 1 aliphatic rings. The molecule has 0 spiro atoms. The van der Waals surface area contributed by atoms with Gasteiger partial charge in [-0.05, 0) is 50.3 Å². The van der Waals surface area contributed by atoms with Crippen LogP contribution in [0, 0.1) is 19.8 Å². The van der Waals surface area contributed by atoms with Gasteiger partial charge in [0, 0.05) is 13.1 Å². The van der Waals surface area contributed by atoms with E-state index in [1.165, 1.54) is 6.42 Å². The molecule has 3 rings (SSSR count). The average Bonchev–Trinajstić information content (AvgIpc) is 2.50. The number of anilines is 2. The number of aryl methyl sites for hydroxylation is 2. The molecule has 1 aromatic heterocycles. The molecule has 0 radical (unpaired) electrons. The van der Waals surface area contributed by atoms with Crippen LogP contribution in [0.5, 0.6) is 11.6 Å². The first-order valence-corrected chi connectivity index (χ1v) is 8.16. The van der Waals surface area contributed by atoms with Crippen molar-refractivity contribution in [1.82, 2.24) is 9.97 Å². The summed E-state index contributed by atoms with van der Waals surface area (Å²) >= 11 is 0. The number of nitrogen functional groups attached to an aromatic ring is 1. The molecule has 5 heteroatoms. The maximum absolute atomic E-state index is 6.32. The van der Waals surface area contributed by atoms with Crippen molar-refractivity contribution in [3.63, 3.8) is 0 Å². The number of nitrogens with two attached hydrogens (primary N) is 1. The second-order valence-corrected chi connectivity index (χ2v) is 6.43. The van der Waals surface area contributed by atoms with E-state index in [1.807, 2.05) is 38.1 Å². The van der Waals surface area contributed by atoms with Crippen LogP contribution in [0.3, 0.4) is 0 Å². The van der Waals surface area contributed by atoms with Crippen LogP contribution in [0.25, 0.3) is 0 Å². The number of hydrogen-bond acceptors (Lipinski definition) is 5. The van der Waals surface area contributed by atoms with Crippen LogP contribution in [0.2, 0.25) is 0 Å². The van der Waals surface area contributed by atoms with Crippen molar-refractivity contribution in [2.75, 3.05) is 23.7 Å². The number of benzene rings is 1. The highest BCUT2D eigenvalue weighted by Crippen LogP contribution is 2.34. The summed E-state index contributed by atoms with van der Waals surface area (Å²) in [5, 5.41) is 0. The van der Waals surface area contributed by atoms with Crippen LogP contribution in [-0.2, 0) is 0 Å². The quantitative estimate of drug-likeness (QED) is 0.936. The Kier molecular flexibility index (Phi) is 4.37. The Bertz CT molecular complexity index is 701. The first-order chi connectivity index (χ1) is 11.0. The summed E-state index contributed by atoms with van der Waals surface area (Å²) in [6.45, 7) is 8.13. The van der Waals surface area contributed by atoms with Gasteiger partial charge in [0.15, 0.2) is 5.82 Å². The predicted octanol–water partition coefficient (Wildman–Crippen LogP) is 3.70. The summed E-state index contributed by atoms with van der Waals surface area (Å²) in [6.07, 6.45) is 2.42. The van der Waals surface area contributed by atoms with Crippen molar-refractivity contribution in [2.24, 2.45) is 5.92 Å². The summed E-state index contributed by atoms with van der Waals surface area (Å²) in [6, 6.07) is 7.87. The third kappa shape index (κ3) is 3.55. The zero-order chi connectivity index (χ0) is 16.4. The van der Waals surface area contributed by atoms with Crippen LogP contribution in [0.4, 0.5) is 11.5 Å². The fourth-order valence-corrected chi connectivity index (χ4v) is 3.03. The van der Waals surface area contributed by atoms with Crippen LogP contribution in [0.1, 0.15) is 31.2 Å². The number of hydrogen-bond donors (Lipinski definition) is 1. The number of aromatic nitrogens is 2. The minimum Gasteiger partial charge on any atom is -0.437 e. The van der Waals surface area contributed by atoms with Gasteiger partial charge in [0.25, 0.3) is 0 Å². The molecular formula is C18H24N4O. The van der Waals surface area contributed by atoms with E-state index in [0.29, 0.717) is 23.3 Å². The van der Waals surface area contributed by atoms with Crippen LogP contribution < -0.4 is 15.4 Å². The second-order valence-electron chi connectivity index (χ2n) is 6.43. The maximum atomic E-state index is 6.32. The fraction of sp³-hybridized carbons (Fsp3) is 0.444. The number of piperidine rings is 1. The van der Waals surface area contributed by atoms with E-state index in [0.717, 1.165) is 36.6 Å². The molecule has 1 saturated heterocycles. The van der Waals surface area contributed by atoms with Crippen LogP contribution in [0.15, 0.2) is 24.3 Å². The smallest absolute Gasteiger partial charge is 0.248 e. The lowest BCUT2D eigenvalue weighted by molar-refractivity contribution is 0.440. The molecule has 0 amide bonds. The summed E-state index contributed by atoms with van der Waals surface area (Å²) in [4.78, 5) is 11.2. The third-order valence-corrected chi connectivity index (χ3v) is 4.16. The lowest BCUT2D eigenvalue weighted by Gasteiger charge is -2.32. The predicted molar refractivity (Wildman–Crippen MR) is 93.0 cm³/mol. The van der Waals surface area contributed by atoms with E-state index < -0.39 is 0 Å². The van der Waals surface area contributed by atoms with E-state index in [4.69, 9.17) is 10.5 Å². The highest BCUT2D eigenvalue weighted by Gasteiger charge is 2.22. The molecule has 2 heterocycles. The average molecular weight is 312 g/mol. The van der Waals surface area contributed by atoms with Gasteiger partial charge in [0.2, 0.25) is 5.88 Å². The molecule has 122 valence electrons. The minimum atomic E-state index is 0.441. The Hall–Kier alpha value is -2.30. The van der Waals surface area contributed by atoms with Crippen molar-refractivity contribution >= 4 is 11.5 Å². The first-order valence-electron chi connectivity index (χ1n) is 8.16. The van der Waals surface area contributed by atoms with Gasteiger partial charge >= 0.3 is 0 Å². The van der Waals surface area contributed by atoms with Gasteiger partial charge in [0.05, 0.1) is 0 Å². The highest BCUT2D eigenvalue weighted by atomic mass is 16.5. The van der Waals surface area contributed by atoms with E-state index in [-0.39, 0.29) is 0 Å². The van der Waals surface area contributed by atoms with Gasteiger partial charge in [-0.2, -0.15) is 4.98 Å². The van der Waals surface area contributed by atoms with Crippen LogP contribution >= 0.6 is 0 Å².